The molecule has 0 saturated carbocycles. The maximum atomic E-state index is 11.3. The normalized spacial score (nSPS) is 10.5. The van der Waals surface area contributed by atoms with Crippen molar-refractivity contribution in [2.24, 2.45) is 5.10 Å². The summed E-state index contributed by atoms with van der Waals surface area (Å²) in [4.78, 5) is 22.4. The molecule has 1 rings (SSSR count). The van der Waals surface area contributed by atoms with Gasteiger partial charge < -0.3 is 4.74 Å². The maximum absolute atomic E-state index is 11.3. The summed E-state index contributed by atoms with van der Waals surface area (Å²) in [5, 5.41) is 12.4. The van der Waals surface area contributed by atoms with E-state index in [1.807, 2.05) is 0 Å². The second-order valence-electron chi connectivity index (χ2n) is 3.54. The standard InChI is InChI=1S/C13H13N3O3/c1-3-19-13(18)12(8-14)16-15-11-6-4-10(5-7-11)9(2)17/h4-7,15H,3H2,1-2H3/b16-12+. The molecular weight excluding hydrogens is 246 g/mol. The van der Waals surface area contributed by atoms with E-state index in [1.54, 1.807) is 37.3 Å². The van der Waals surface area contributed by atoms with Gasteiger partial charge in [0.05, 0.1) is 12.3 Å². The number of ketones is 1. The highest BCUT2D eigenvalue weighted by Crippen LogP contribution is 2.09. The molecule has 0 aliphatic rings. The van der Waals surface area contributed by atoms with Crippen molar-refractivity contribution in [3.05, 3.63) is 29.8 Å². The summed E-state index contributed by atoms with van der Waals surface area (Å²) < 4.78 is 4.66. The quantitative estimate of drug-likeness (QED) is 0.376. The molecule has 0 spiro atoms. The molecule has 0 heterocycles. The fourth-order valence-electron chi connectivity index (χ4n) is 1.22. The lowest BCUT2D eigenvalue weighted by atomic mass is 10.1. The van der Waals surface area contributed by atoms with Crippen molar-refractivity contribution in [3.8, 4) is 6.07 Å². The highest BCUT2D eigenvalue weighted by molar-refractivity contribution is 6.43. The molecule has 0 bridgehead atoms. The Morgan fingerprint density at radius 2 is 2.00 bits per heavy atom. The molecule has 1 aromatic rings. The second-order valence-corrected chi connectivity index (χ2v) is 3.54. The third kappa shape index (κ3) is 4.24. The van der Waals surface area contributed by atoms with Gasteiger partial charge in [0.1, 0.15) is 6.07 Å². The van der Waals surface area contributed by atoms with Crippen LogP contribution >= 0.6 is 0 Å². The lowest BCUT2D eigenvalue weighted by molar-refractivity contribution is -0.134. The first-order chi connectivity index (χ1) is 9.08. The Bertz CT molecular complexity index is 541. The first-order valence-corrected chi connectivity index (χ1v) is 5.60. The van der Waals surface area contributed by atoms with E-state index >= 15 is 0 Å². The molecular formula is C13H13N3O3. The zero-order valence-corrected chi connectivity index (χ0v) is 10.6. The van der Waals surface area contributed by atoms with Crippen LogP contribution in [0.5, 0.6) is 0 Å². The number of Topliss-reactive ketones (excluding diaryl/α,β-unsaturated/α-hetero) is 1. The predicted molar refractivity (Wildman–Crippen MR) is 69.8 cm³/mol. The van der Waals surface area contributed by atoms with E-state index in [-0.39, 0.29) is 18.1 Å². The Hall–Kier alpha value is -2.68. The minimum Gasteiger partial charge on any atom is -0.461 e. The van der Waals surface area contributed by atoms with Gasteiger partial charge in [0.25, 0.3) is 0 Å². The van der Waals surface area contributed by atoms with Gasteiger partial charge in [0.2, 0.25) is 5.71 Å². The number of ether oxygens (including phenoxy) is 1. The van der Waals surface area contributed by atoms with Gasteiger partial charge in [-0.1, -0.05) is 0 Å². The van der Waals surface area contributed by atoms with Gasteiger partial charge in [0, 0.05) is 5.56 Å². The van der Waals surface area contributed by atoms with E-state index in [2.05, 4.69) is 15.3 Å². The lowest BCUT2D eigenvalue weighted by Crippen LogP contribution is -2.17. The van der Waals surface area contributed by atoms with Gasteiger partial charge in [-0.2, -0.15) is 10.4 Å². The molecule has 1 N–H and O–H groups in total. The number of anilines is 1. The Balaban J connectivity index is 2.76. The minimum atomic E-state index is -0.780. The Labute approximate surface area is 110 Å². The number of rotatable bonds is 5. The first-order valence-electron chi connectivity index (χ1n) is 5.60. The Morgan fingerprint density at radius 1 is 1.37 bits per heavy atom. The number of hydrogen-bond donors (Lipinski definition) is 1. The van der Waals surface area contributed by atoms with Crippen molar-refractivity contribution in [3.63, 3.8) is 0 Å². The number of nitriles is 1. The van der Waals surface area contributed by atoms with Gasteiger partial charge in [-0.05, 0) is 38.1 Å². The smallest absolute Gasteiger partial charge is 0.369 e. The van der Waals surface area contributed by atoms with E-state index in [1.165, 1.54) is 6.92 Å². The SMILES string of the molecule is CCOC(=O)/C(C#N)=N/Nc1ccc(C(C)=O)cc1. The van der Waals surface area contributed by atoms with Crippen molar-refractivity contribution in [2.45, 2.75) is 13.8 Å². The van der Waals surface area contributed by atoms with Crippen molar-refractivity contribution >= 4 is 23.2 Å². The topological polar surface area (TPSA) is 91.6 Å². The molecule has 6 heteroatoms. The van der Waals surface area contributed by atoms with E-state index in [0.717, 1.165) is 0 Å². The van der Waals surface area contributed by atoms with Gasteiger partial charge in [0.15, 0.2) is 5.78 Å². The zero-order valence-electron chi connectivity index (χ0n) is 10.6. The number of carbonyl (C=O) groups excluding carboxylic acids is 2. The van der Waals surface area contributed by atoms with Crippen LogP contribution in [-0.2, 0) is 9.53 Å². The second kappa shape index (κ2) is 6.91. The largest absolute Gasteiger partial charge is 0.461 e. The van der Waals surface area contributed by atoms with Crippen LogP contribution in [-0.4, -0.2) is 24.1 Å². The molecule has 0 aliphatic carbocycles. The van der Waals surface area contributed by atoms with E-state index < -0.39 is 5.97 Å². The molecule has 0 fully saturated rings. The molecule has 98 valence electrons. The molecule has 0 aliphatic heterocycles. The summed E-state index contributed by atoms with van der Waals surface area (Å²) in [6, 6.07) is 8.14. The number of benzene rings is 1. The molecule has 0 aromatic heterocycles. The maximum Gasteiger partial charge on any atom is 0.369 e. The van der Waals surface area contributed by atoms with Gasteiger partial charge in [-0.25, -0.2) is 4.79 Å². The number of nitrogens with zero attached hydrogens (tertiary/aromatic N) is 2. The molecule has 0 saturated heterocycles. The van der Waals surface area contributed by atoms with Crippen LogP contribution in [0.15, 0.2) is 29.4 Å². The summed E-state index contributed by atoms with van der Waals surface area (Å²) in [7, 11) is 0. The fourth-order valence-corrected chi connectivity index (χ4v) is 1.22. The highest BCUT2D eigenvalue weighted by Gasteiger charge is 2.11. The third-order valence-electron chi connectivity index (χ3n) is 2.16. The summed E-state index contributed by atoms with van der Waals surface area (Å²) in [5.41, 5.74) is 3.32. The van der Waals surface area contributed by atoms with Gasteiger partial charge in [-0.15, -0.1) is 0 Å². The number of hydrazone groups is 1. The monoisotopic (exact) mass is 259 g/mol. The first kappa shape index (κ1) is 14.4. The molecule has 0 unspecified atom stereocenters. The number of esters is 1. The van der Waals surface area contributed by atoms with Crippen molar-refractivity contribution in [1.82, 2.24) is 0 Å². The van der Waals surface area contributed by atoms with Crippen molar-refractivity contribution < 1.29 is 14.3 Å². The van der Waals surface area contributed by atoms with Crippen LogP contribution in [0, 0.1) is 11.3 Å². The highest BCUT2D eigenvalue weighted by atomic mass is 16.5. The van der Waals surface area contributed by atoms with E-state index in [0.29, 0.717) is 11.3 Å². The molecule has 0 atom stereocenters. The molecule has 19 heavy (non-hydrogen) atoms. The Morgan fingerprint density at radius 3 is 2.47 bits per heavy atom. The van der Waals surface area contributed by atoms with E-state index in [4.69, 9.17) is 5.26 Å². The molecule has 0 radical (unpaired) electrons. The van der Waals surface area contributed by atoms with Crippen LogP contribution in [0.3, 0.4) is 0 Å². The van der Waals surface area contributed by atoms with Crippen LogP contribution in [0.25, 0.3) is 0 Å². The van der Waals surface area contributed by atoms with Crippen LogP contribution < -0.4 is 5.43 Å². The average Bonchev–Trinajstić information content (AvgIpc) is 2.40. The molecule has 6 nitrogen and oxygen atoms in total. The van der Waals surface area contributed by atoms with Crippen molar-refractivity contribution in [2.75, 3.05) is 12.0 Å². The summed E-state index contributed by atoms with van der Waals surface area (Å²) in [5.74, 6) is -0.822. The molecule has 0 amide bonds. The number of carbonyl (C=O) groups is 2. The summed E-state index contributed by atoms with van der Waals surface area (Å²) in [6.07, 6.45) is 0. The lowest BCUT2D eigenvalue weighted by Gasteiger charge is -2.02. The summed E-state index contributed by atoms with van der Waals surface area (Å²) in [6.45, 7) is 3.28. The van der Waals surface area contributed by atoms with Gasteiger partial charge in [-0.3, -0.25) is 10.2 Å². The number of nitrogens with one attached hydrogen (secondary N) is 1. The zero-order chi connectivity index (χ0) is 14.3. The fraction of sp³-hybridized carbons (Fsp3) is 0.231. The number of hydrogen-bond acceptors (Lipinski definition) is 6. The van der Waals surface area contributed by atoms with Gasteiger partial charge >= 0.3 is 5.97 Å². The van der Waals surface area contributed by atoms with Crippen molar-refractivity contribution in [1.29, 1.82) is 5.26 Å². The van der Waals surface area contributed by atoms with Crippen LogP contribution in [0.4, 0.5) is 5.69 Å². The molecule has 1 aromatic carbocycles. The summed E-state index contributed by atoms with van der Waals surface area (Å²) >= 11 is 0. The van der Waals surface area contributed by atoms with E-state index in [9.17, 15) is 9.59 Å². The Kier molecular flexibility index (Phi) is 5.23. The third-order valence-corrected chi connectivity index (χ3v) is 2.16. The van der Waals surface area contributed by atoms with Crippen LogP contribution in [0.1, 0.15) is 24.2 Å². The average molecular weight is 259 g/mol. The van der Waals surface area contributed by atoms with Crippen LogP contribution in [0.2, 0.25) is 0 Å². The minimum absolute atomic E-state index is 0.0423. The predicted octanol–water partition coefficient (Wildman–Crippen LogP) is 1.74.